The fourth-order valence-corrected chi connectivity index (χ4v) is 3.10. The summed E-state index contributed by atoms with van der Waals surface area (Å²) < 4.78 is 6.71. The SMILES string of the molecule is CN(CCOc1ccccc1C(=O)O)Cc1csc(Br)c1. The molecule has 0 saturated carbocycles. The molecule has 1 heterocycles. The normalized spacial score (nSPS) is 10.8. The minimum Gasteiger partial charge on any atom is -0.491 e. The minimum atomic E-state index is -0.970. The summed E-state index contributed by atoms with van der Waals surface area (Å²) in [6.07, 6.45) is 0. The van der Waals surface area contributed by atoms with Gasteiger partial charge in [-0.15, -0.1) is 11.3 Å². The minimum absolute atomic E-state index is 0.196. The summed E-state index contributed by atoms with van der Waals surface area (Å²) in [4.78, 5) is 13.2. The number of hydrogen-bond donors (Lipinski definition) is 1. The molecular weight excluding hydrogens is 354 g/mol. The average molecular weight is 370 g/mol. The second-order valence-corrected chi connectivity index (χ2v) is 6.94. The lowest BCUT2D eigenvalue weighted by Crippen LogP contribution is -2.24. The molecule has 0 unspecified atom stereocenters. The fourth-order valence-electron chi connectivity index (χ4n) is 1.90. The number of carbonyl (C=O) groups is 1. The average Bonchev–Trinajstić information content (AvgIpc) is 2.84. The molecule has 112 valence electrons. The third-order valence-corrected chi connectivity index (χ3v) is 4.48. The van der Waals surface area contributed by atoms with Crippen molar-refractivity contribution < 1.29 is 14.6 Å². The zero-order chi connectivity index (χ0) is 15.2. The first-order valence-corrected chi connectivity index (χ1v) is 8.10. The maximum absolute atomic E-state index is 11.1. The molecule has 0 amide bonds. The van der Waals surface area contributed by atoms with Gasteiger partial charge in [0.1, 0.15) is 17.9 Å². The quantitative estimate of drug-likeness (QED) is 0.807. The maximum atomic E-state index is 11.1. The molecule has 6 heteroatoms. The standard InChI is InChI=1S/C15H16BrNO3S/c1-17(9-11-8-14(16)21-10-11)6-7-20-13-5-3-2-4-12(13)15(18)19/h2-5,8,10H,6-7,9H2,1H3,(H,18,19). The summed E-state index contributed by atoms with van der Waals surface area (Å²) in [6.45, 7) is 2.01. The molecule has 0 aliphatic rings. The van der Waals surface area contributed by atoms with Crippen LogP contribution in [0.3, 0.4) is 0 Å². The van der Waals surface area contributed by atoms with Crippen molar-refractivity contribution in [3.8, 4) is 5.75 Å². The van der Waals surface area contributed by atoms with Gasteiger partial charge in [-0.1, -0.05) is 12.1 Å². The van der Waals surface area contributed by atoms with Crippen LogP contribution in [0.2, 0.25) is 0 Å². The molecule has 0 bridgehead atoms. The van der Waals surface area contributed by atoms with Gasteiger partial charge in [-0.05, 0) is 52.1 Å². The number of likely N-dealkylation sites (N-methyl/N-ethyl adjacent to an activating group) is 1. The zero-order valence-corrected chi connectivity index (χ0v) is 14.0. The van der Waals surface area contributed by atoms with E-state index in [2.05, 4.69) is 32.3 Å². The van der Waals surface area contributed by atoms with Crippen molar-refractivity contribution in [1.82, 2.24) is 4.90 Å². The lowest BCUT2D eigenvalue weighted by Gasteiger charge is -2.16. The number of para-hydroxylation sites is 1. The number of ether oxygens (including phenoxy) is 1. The zero-order valence-electron chi connectivity index (χ0n) is 11.6. The van der Waals surface area contributed by atoms with Gasteiger partial charge in [-0.25, -0.2) is 4.79 Å². The number of aromatic carboxylic acids is 1. The smallest absolute Gasteiger partial charge is 0.339 e. The highest BCUT2D eigenvalue weighted by Gasteiger charge is 2.10. The van der Waals surface area contributed by atoms with Crippen molar-refractivity contribution in [2.75, 3.05) is 20.2 Å². The Morgan fingerprint density at radius 1 is 1.43 bits per heavy atom. The second kappa shape index (κ2) is 7.59. The Kier molecular flexibility index (Phi) is 5.78. The molecule has 21 heavy (non-hydrogen) atoms. The van der Waals surface area contributed by atoms with Crippen LogP contribution in [0.4, 0.5) is 0 Å². The third-order valence-electron chi connectivity index (χ3n) is 2.92. The van der Waals surface area contributed by atoms with Gasteiger partial charge in [0, 0.05) is 13.1 Å². The molecule has 1 aromatic heterocycles. The predicted octanol–water partition coefficient (Wildman–Crippen LogP) is 3.72. The molecule has 0 saturated heterocycles. The number of benzene rings is 1. The molecule has 2 aromatic rings. The van der Waals surface area contributed by atoms with Gasteiger partial charge >= 0.3 is 5.97 Å². The maximum Gasteiger partial charge on any atom is 0.339 e. The highest BCUT2D eigenvalue weighted by molar-refractivity contribution is 9.11. The Hall–Kier alpha value is -1.37. The molecule has 2 rings (SSSR count). The summed E-state index contributed by atoms with van der Waals surface area (Å²) in [5, 5.41) is 11.2. The van der Waals surface area contributed by atoms with E-state index in [1.54, 1.807) is 35.6 Å². The lowest BCUT2D eigenvalue weighted by atomic mass is 10.2. The van der Waals surface area contributed by atoms with Gasteiger partial charge < -0.3 is 9.84 Å². The van der Waals surface area contributed by atoms with E-state index < -0.39 is 5.97 Å². The second-order valence-electron chi connectivity index (χ2n) is 4.65. The molecule has 1 aromatic carbocycles. The van der Waals surface area contributed by atoms with Crippen LogP contribution in [0.25, 0.3) is 0 Å². The van der Waals surface area contributed by atoms with Crippen LogP contribution in [0.5, 0.6) is 5.75 Å². The van der Waals surface area contributed by atoms with Crippen LogP contribution in [0.15, 0.2) is 39.5 Å². The Bertz CT molecular complexity index is 614. The van der Waals surface area contributed by atoms with E-state index in [4.69, 9.17) is 9.84 Å². The van der Waals surface area contributed by atoms with E-state index in [0.717, 1.165) is 16.9 Å². The van der Waals surface area contributed by atoms with Crippen molar-refractivity contribution in [2.24, 2.45) is 0 Å². The van der Waals surface area contributed by atoms with E-state index >= 15 is 0 Å². The van der Waals surface area contributed by atoms with E-state index in [0.29, 0.717) is 12.4 Å². The third kappa shape index (κ3) is 4.84. The number of nitrogens with zero attached hydrogens (tertiary/aromatic N) is 1. The van der Waals surface area contributed by atoms with Gasteiger partial charge in [0.25, 0.3) is 0 Å². The van der Waals surface area contributed by atoms with Crippen LogP contribution in [-0.4, -0.2) is 36.2 Å². The fraction of sp³-hybridized carbons (Fsp3) is 0.267. The molecule has 0 fully saturated rings. The first kappa shape index (κ1) is 16.0. The highest BCUT2D eigenvalue weighted by atomic mass is 79.9. The van der Waals surface area contributed by atoms with Crippen molar-refractivity contribution in [2.45, 2.75) is 6.54 Å². The van der Waals surface area contributed by atoms with Crippen LogP contribution in [-0.2, 0) is 6.54 Å². The van der Waals surface area contributed by atoms with E-state index in [1.807, 2.05) is 7.05 Å². The number of carboxylic acids is 1. The first-order chi connectivity index (χ1) is 10.1. The first-order valence-electron chi connectivity index (χ1n) is 6.43. The molecule has 4 nitrogen and oxygen atoms in total. The number of carboxylic acid groups (broad SMARTS) is 1. The van der Waals surface area contributed by atoms with Gasteiger partial charge in [-0.3, -0.25) is 4.90 Å². The van der Waals surface area contributed by atoms with Crippen molar-refractivity contribution >= 4 is 33.2 Å². The number of rotatable bonds is 7. The molecule has 0 atom stereocenters. The van der Waals surface area contributed by atoms with Crippen molar-refractivity contribution in [1.29, 1.82) is 0 Å². The molecule has 0 spiro atoms. The Labute approximate surface area is 136 Å². The summed E-state index contributed by atoms with van der Waals surface area (Å²) in [7, 11) is 2.01. The predicted molar refractivity (Wildman–Crippen MR) is 87.2 cm³/mol. The Morgan fingerprint density at radius 2 is 2.19 bits per heavy atom. The summed E-state index contributed by atoms with van der Waals surface area (Å²) in [5.74, 6) is -0.557. The van der Waals surface area contributed by atoms with Gasteiger partial charge in [0.05, 0.1) is 3.79 Å². The Balaban J connectivity index is 1.83. The van der Waals surface area contributed by atoms with Crippen LogP contribution < -0.4 is 4.74 Å². The lowest BCUT2D eigenvalue weighted by molar-refractivity contribution is 0.0691. The van der Waals surface area contributed by atoms with Crippen LogP contribution in [0.1, 0.15) is 15.9 Å². The van der Waals surface area contributed by atoms with Gasteiger partial charge in [-0.2, -0.15) is 0 Å². The summed E-state index contributed by atoms with van der Waals surface area (Å²) in [5.41, 5.74) is 1.45. The number of hydrogen-bond acceptors (Lipinski definition) is 4. The van der Waals surface area contributed by atoms with Crippen molar-refractivity contribution in [3.63, 3.8) is 0 Å². The molecule has 0 aliphatic heterocycles. The van der Waals surface area contributed by atoms with E-state index in [-0.39, 0.29) is 5.56 Å². The molecular formula is C15H16BrNO3S. The van der Waals surface area contributed by atoms with E-state index in [9.17, 15) is 4.79 Å². The monoisotopic (exact) mass is 369 g/mol. The van der Waals surface area contributed by atoms with Crippen LogP contribution >= 0.6 is 27.3 Å². The summed E-state index contributed by atoms with van der Waals surface area (Å²) >= 11 is 5.11. The number of halogens is 1. The largest absolute Gasteiger partial charge is 0.491 e. The van der Waals surface area contributed by atoms with Crippen LogP contribution in [0, 0.1) is 0 Å². The van der Waals surface area contributed by atoms with E-state index in [1.165, 1.54) is 5.56 Å². The molecule has 0 radical (unpaired) electrons. The number of thiophene rings is 1. The van der Waals surface area contributed by atoms with Crippen molar-refractivity contribution in [3.05, 3.63) is 50.6 Å². The topological polar surface area (TPSA) is 49.8 Å². The van der Waals surface area contributed by atoms with Gasteiger partial charge in [0.15, 0.2) is 0 Å². The Morgan fingerprint density at radius 3 is 2.86 bits per heavy atom. The highest BCUT2D eigenvalue weighted by Crippen LogP contribution is 2.21. The van der Waals surface area contributed by atoms with Gasteiger partial charge in [0.2, 0.25) is 0 Å². The molecule has 1 N–H and O–H groups in total. The molecule has 0 aliphatic carbocycles. The summed E-state index contributed by atoms with van der Waals surface area (Å²) in [6, 6.07) is 8.79.